The number of halogens is 1. The summed E-state index contributed by atoms with van der Waals surface area (Å²) in [5.41, 5.74) is 2.47. The van der Waals surface area contributed by atoms with Gasteiger partial charge in [0.2, 0.25) is 0 Å². The maximum atomic E-state index is 13.7. The van der Waals surface area contributed by atoms with Gasteiger partial charge in [0, 0.05) is 29.4 Å². The molecule has 2 amide bonds. The maximum Gasteiger partial charge on any atom is 0.267 e. The Kier molecular flexibility index (Phi) is 5.76. The van der Waals surface area contributed by atoms with Crippen molar-refractivity contribution >= 4 is 34.0 Å². The highest BCUT2D eigenvalue weighted by atomic mass is 32.1. The van der Waals surface area contributed by atoms with Crippen molar-refractivity contribution < 1.29 is 14.0 Å². The van der Waals surface area contributed by atoms with Crippen LogP contribution in [0.5, 0.6) is 0 Å². The SMILES string of the molecule is Cc1ccc(C(=O)NC2CC2)cc1NC(=O)c1cnc(NCc2ccccc2F)s1. The molecule has 154 valence electrons. The minimum atomic E-state index is -0.311. The lowest BCUT2D eigenvalue weighted by atomic mass is 10.1. The Balaban J connectivity index is 1.40. The Morgan fingerprint density at radius 1 is 1.17 bits per heavy atom. The summed E-state index contributed by atoms with van der Waals surface area (Å²) >= 11 is 1.18. The van der Waals surface area contributed by atoms with E-state index in [1.165, 1.54) is 23.6 Å². The van der Waals surface area contributed by atoms with Crippen LogP contribution in [0.15, 0.2) is 48.7 Å². The summed E-state index contributed by atoms with van der Waals surface area (Å²) in [6.45, 7) is 2.14. The molecular formula is C22H21FN4O2S. The maximum absolute atomic E-state index is 13.7. The molecule has 30 heavy (non-hydrogen) atoms. The summed E-state index contributed by atoms with van der Waals surface area (Å²) < 4.78 is 13.7. The van der Waals surface area contributed by atoms with Crippen molar-refractivity contribution in [3.8, 4) is 0 Å². The van der Waals surface area contributed by atoms with Gasteiger partial charge in [0.1, 0.15) is 10.7 Å². The van der Waals surface area contributed by atoms with E-state index in [1.54, 1.807) is 30.3 Å². The minimum absolute atomic E-state index is 0.134. The standard InChI is InChI=1S/C22H21FN4O2S/c1-13-6-7-14(20(28)26-16-8-9-16)10-18(13)27-21(29)19-12-25-22(30-19)24-11-15-4-2-3-5-17(15)23/h2-7,10,12,16H,8-9,11H2,1H3,(H,24,25)(H,26,28)(H,27,29). The topological polar surface area (TPSA) is 83.1 Å². The van der Waals surface area contributed by atoms with Crippen molar-refractivity contribution in [3.63, 3.8) is 0 Å². The molecule has 4 rings (SSSR count). The van der Waals surface area contributed by atoms with Crippen LogP contribution in [0.1, 0.15) is 44.0 Å². The Bertz CT molecular complexity index is 1090. The van der Waals surface area contributed by atoms with E-state index in [0.717, 1.165) is 18.4 Å². The largest absolute Gasteiger partial charge is 0.357 e. The monoisotopic (exact) mass is 424 g/mol. The summed E-state index contributed by atoms with van der Waals surface area (Å²) in [7, 11) is 0. The Hall–Kier alpha value is -3.26. The molecule has 0 unspecified atom stereocenters. The number of anilines is 2. The first-order valence-electron chi connectivity index (χ1n) is 9.65. The molecule has 1 aliphatic rings. The van der Waals surface area contributed by atoms with E-state index in [9.17, 15) is 14.0 Å². The number of benzene rings is 2. The van der Waals surface area contributed by atoms with Crippen molar-refractivity contribution in [2.75, 3.05) is 10.6 Å². The molecule has 0 aliphatic heterocycles. The Morgan fingerprint density at radius 3 is 2.73 bits per heavy atom. The van der Waals surface area contributed by atoms with Crippen molar-refractivity contribution in [1.29, 1.82) is 0 Å². The quantitative estimate of drug-likeness (QED) is 0.527. The predicted molar refractivity (Wildman–Crippen MR) is 115 cm³/mol. The van der Waals surface area contributed by atoms with Crippen LogP contribution in [0.4, 0.5) is 15.2 Å². The molecule has 0 saturated heterocycles. The lowest BCUT2D eigenvalue weighted by Crippen LogP contribution is -2.25. The van der Waals surface area contributed by atoms with Crippen LogP contribution in [0.3, 0.4) is 0 Å². The number of rotatable bonds is 7. The fourth-order valence-corrected chi connectivity index (χ4v) is 3.56. The molecule has 1 saturated carbocycles. The van der Waals surface area contributed by atoms with E-state index in [0.29, 0.717) is 26.8 Å². The van der Waals surface area contributed by atoms with E-state index >= 15 is 0 Å². The van der Waals surface area contributed by atoms with Crippen molar-refractivity contribution in [2.45, 2.75) is 32.4 Å². The molecule has 2 aromatic carbocycles. The van der Waals surface area contributed by atoms with Gasteiger partial charge in [-0.3, -0.25) is 9.59 Å². The fourth-order valence-electron chi connectivity index (χ4n) is 2.85. The molecule has 1 heterocycles. The number of hydrogen-bond donors (Lipinski definition) is 3. The van der Waals surface area contributed by atoms with Crippen LogP contribution < -0.4 is 16.0 Å². The smallest absolute Gasteiger partial charge is 0.267 e. The van der Waals surface area contributed by atoms with Crippen molar-refractivity contribution in [1.82, 2.24) is 10.3 Å². The van der Waals surface area contributed by atoms with E-state index < -0.39 is 0 Å². The Labute approximate surface area is 177 Å². The van der Waals surface area contributed by atoms with Gasteiger partial charge >= 0.3 is 0 Å². The first-order chi connectivity index (χ1) is 14.5. The molecule has 8 heteroatoms. The number of carbonyl (C=O) groups excluding carboxylic acids is 2. The van der Waals surface area contributed by atoms with E-state index in [2.05, 4.69) is 20.9 Å². The molecular weight excluding hydrogens is 403 g/mol. The second-order valence-electron chi connectivity index (χ2n) is 7.21. The van der Waals surface area contributed by atoms with E-state index in [1.807, 2.05) is 13.0 Å². The molecule has 3 N–H and O–H groups in total. The predicted octanol–water partition coefficient (Wildman–Crippen LogP) is 4.35. The van der Waals surface area contributed by atoms with Gasteiger partial charge in [-0.15, -0.1) is 0 Å². The number of aryl methyl sites for hydroxylation is 1. The lowest BCUT2D eigenvalue weighted by Gasteiger charge is -2.10. The van der Waals surface area contributed by atoms with Crippen LogP contribution in [-0.2, 0) is 6.54 Å². The molecule has 0 spiro atoms. The molecule has 6 nitrogen and oxygen atoms in total. The molecule has 1 aliphatic carbocycles. The van der Waals surface area contributed by atoms with E-state index in [4.69, 9.17) is 0 Å². The number of thiazole rings is 1. The zero-order chi connectivity index (χ0) is 21.1. The molecule has 0 atom stereocenters. The number of amides is 2. The van der Waals surface area contributed by atoms with Crippen LogP contribution in [0.2, 0.25) is 0 Å². The molecule has 3 aromatic rings. The molecule has 1 fully saturated rings. The van der Waals surface area contributed by atoms with Gasteiger partial charge in [-0.25, -0.2) is 9.37 Å². The summed E-state index contributed by atoms with van der Waals surface area (Å²) in [6.07, 6.45) is 3.50. The Morgan fingerprint density at radius 2 is 1.97 bits per heavy atom. The first kappa shape index (κ1) is 20.0. The van der Waals surface area contributed by atoms with Gasteiger partial charge in [0.15, 0.2) is 5.13 Å². The first-order valence-corrected chi connectivity index (χ1v) is 10.5. The third kappa shape index (κ3) is 4.83. The van der Waals surface area contributed by atoms with Crippen LogP contribution in [-0.4, -0.2) is 22.8 Å². The summed E-state index contributed by atoms with van der Waals surface area (Å²) in [4.78, 5) is 29.5. The summed E-state index contributed by atoms with van der Waals surface area (Å²) in [6, 6.07) is 12.0. The van der Waals surface area contributed by atoms with Gasteiger partial charge in [-0.05, 0) is 43.5 Å². The average molecular weight is 425 g/mol. The third-order valence-corrected chi connectivity index (χ3v) is 5.73. The number of hydrogen-bond acceptors (Lipinski definition) is 5. The number of nitrogens with zero attached hydrogens (tertiary/aromatic N) is 1. The fraction of sp³-hybridized carbons (Fsp3) is 0.227. The van der Waals surface area contributed by atoms with Gasteiger partial charge in [-0.2, -0.15) is 0 Å². The van der Waals surface area contributed by atoms with Crippen LogP contribution >= 0.6 is 11.3 Å². The number of nitrogens with one attached hydrogen (secondary N) is 3. The van der Waals surface area contributed by atoms with Gasteiger partial charge in [-0.1, -0.05) is 35.6 Å². The zero-order valence-corrected chi connectivity index (χ0v) is 17.2. The van der Waals surface area contributed by atoms with Crippen LogP contribution in [0, 0.1) is 12.7 Å². The summed E-state index contributed by atoms with van der Waals surface area (Å²) in [5, 5.41) is 9.35. The molecule has 1 aromatic heterocycles. The summed E-state index contributed by atoms with van der Waals surface area (Å²) in [5.74, 6) is -0.736. The van der Waals surface area contributed by atoms with Crippen molar-refractivity contribution in [3.05, 3.63) is 76.0 Å². The van der Waals surface area contributed by atoms with Gasteiger partial charge in [0.05, 0.1) is 6.20 Å². The molecule has 0 radical (unpaired) electrons. The average Bonchev–Trinajstić information content (AvgIpc) is 3.42. The van der Waals surface area contributed by atoms with Crippen LogP contribution in [0.25, 0.3) is 0 Å². The van der Waals surface area contributed by atoms with Gasteiger partial charge < -0.3 is 16.0 Å². The normalized spacial score (nSPS) is 13.0. The number of aromatic nitrogens is 1. The van der Waals surface area contributed by atoms with E-state index in [-0.39, 0.29) is 30.2 Å². The molecule has 0 bridgehead atoms. The second-order valence-corrected chi connectivity index (χ2v) is 8.24. The van der Waals surface area contributed by atoms with Gasteiger partial charge in [0.25, 0.3) is 11.8 Å². The van der Waals surface area contributed by atoms with Crippen molar-refractivity contribution in [2.24, 2.45) is 0 Å². The highest BCUT2D eigenvalue weighted by Crippen LogP contribution is 2.24. The minimum Gasteiger partial charge on any atom is -0.357 e. The highest BCUT2D eigenvalue weighted by molar-refractivity contribution is 7.17. The zero-order valence-electron chi connectivity index (χ0n) is 16.4. The number of carbonyl (C=O) groups is 2. The lowest BCUT2D eigenvalue weighted by molar-refractivity contribution is 0.0949. The second kappa shape index (κ2) is 8.62. The highest BCUT2D eigenvalue weighted by Gasteiger charge is 2.24. The third-order valence-electron chi connectivity index (χ3n) is 4.78.